The van der Waals surface area contributed by atoms with Crippen molar-refractivity contribution in [1.82, 2.24) is 0 Å². The van der Waals surface area contributed by atoms with Gasteiger partial charge in [-0.05, 0) is 0 Å². The second-order valence-corrected chi connectivity index (χ2v) is 10.8. The number of para-hydroxylation sites is 2. The molecule has 0 fully saturated rings. The van der Waals surface area contributed by atoms with E-state index >= 15 is 0 Å². The first-order valence-corrected chi connectivity index (χ1v) is 12.5. The Kier molecular flexibility index (Phi) is 5.45. The van der Waals surface area contributed by atoms with Crippen molar-refractivity contribution in [2.45, 2.75) is 9.79 Å². The molecule has 144 valence electrons. The molecule has 0 saturated carbocycles. The van der Waals surface area contributed by atoms with E-state index in [0.717, 1.165) is 12.4 Å². The van der Waals surface area contributed by atoms with E-state index in [2.05, 4.69) is 113 Å². The van der Waals surface area contributed by atoms with Crippen molar-refractivity contribution < 1.29 is 21.2 Å². The Morgan fingerprint density at radius 2 is 1.17 bits per heavy atom. The summed E-state index contributed by atoms with van der Waals surface area (Å²) in [6, 6.07) is 37.0. The van der Waals surface area contributed by atoms with Crippen LogP contribution < -0.4 is 31.4 Å². The summed E-state index contributed by atoms with van der Waals surface area (Å²) in [4.78, 5) is 4.97. The minimum absolute atomic E-state index is 0.118. The standard InChI is InChI=1S/C25H20IN2S/c1-2-8-19(9-3-1)26-20-14-16-21(17-15-20)27-18-28-22-10-4-6-12-24(22)29-25-13-7-5-11-23(25)28/h1-17,27H,18H2/q-1. The molecule has 29 heavy (non-hydrogen) atoms. The first kappa shape index (κ1) is 18.6. The van der Waals surface area contributed by atoms with Crippen molar-refractivity contribution in [3.05, 3.63) is 110 Å². The van der Waals surface area contributed by atoms with Gasteiger partial charge in [0.2, 0.25) is 0 Å². The molecule has 0 radical (unpaired) electrons. The number of anilines is 3. The van der Waals surface area contributed by atoms with Crippen LogP contribution in [-0.4, -0.2) is 6.67 Å². The molecule has 0 unspecified atom stereocenters. The molecule has 0 aliphatic carbocycles. The van der Waals surface area contributed by atoms with Gasteiger partial charge in [0, 0.05) is 0 Å². The number of fused-ring (bicyclic) bond motifs is 2. The monoisotopic (exact) mass is 507 g/mol. The van der Waals surface area contributed by atoms with E-state index in [1.165, 1.54) is 28.3 Å². The van der Waals surface area contributed by atoms with E-state index in [4.69, 9.17) is 0 Å². The van der Waals surface area contributed by atoms with Gasteiger partial charge in [0.25, 0.3) is 0 Å². The Morgan fingerprint density at radius 3 is 1.83 bits per heavy atom. The van der Waals surface area contributed by atoms with Crippen LogP contribution in [0.2, 0.25) is 0 Å². The molecular formula is C25H20IN2S-. The van der Waals surface area contributed by atoms with Crippen molar-refractivity contribution in [2.75, 3.05) is 16.9 Å². The predicted molar refractivity (Wildman–Crippen MR) is 118 cm³/mol. The van der Waals surface area contributed by atoms with Gasteiger partial charge in [-0.1, -0.05) is 0 Å². The average molecular weight is 507 g/mol. The number of nitrogens with zero attached hydrogens (tertiary/aromatic N) is 1. The van der Waals surface area contributed by atoms with Gasteiger partial charge >= 0.3 is 187 Å². The Labute approximate surface area is 186 Å². The van der Waals surface area contributed by atoms with Crippen LogP contribution in [0.5, 0.6) is 0 Å². The summed E-state index contributed by atoms with van der Waals surface area (Å²) in [5.74, 6) is 0. The van der Waals surface area contributed by atoms with Gasteiger partial charge in [-0.2, -0.15) is 0 Å². The van der Waals surface area contributed by atoms with Crippen LogP contribution in [0.3, 0.4) is 0 Å². The zero-order valence-electron chi connectivity index (χ0n) is 15.8. The summed E-state index contributed by atoms with van der Waals surface area (Å²) in [7, 11) is 0. The summed E-state index contributed by atoms with van der Waals surface area (Å²) >= 11 is 1.73. The van der Waals surface area contributed by atoms with Crippen molar-refractivity contribution >= 4 is 28.8 Å². The van der Waals surface area contributed by atoms with Crippen molar-refractivity contribution in [3.63, 3.8) is 0 Å². The number of benzene rings is 4. The van der Waals surface area contributed by atoms with E-state index in [1.54, 1.807) is 0 Å². The van der Waals surface area contributed by atoms with Gasteiger partial charge < -0.3 is 0 Å². The Morgan fingerprint density at radius 1 is 0.621 bits per heavy atom. The normalized spacial score (nSPS) is 12.3. The fourth-order valence-corrected chi connectivity index (χ4v) is 6.67. The molecule has 0 saturated heterocycles. The van der Waals surface area contributed by atoms with Crippen molar-refractivity contribution in [2.24, 2.45) is 0 Å². The van der Waals surface area contributed by atoms with Crippen LogP contribution in [0.1, 0.15) is 0 Å². The summed E-state index contributed by atoms with van der Waals surface area (Å²) < 4.78 is 2.89. The number of hydrogen-bond acceptors (Lipinski definition) is 3. The molecule has 1 heterocycles. The summed E-state index contributed by atoms with van der Waals surface area (Å²) in [5, 5.41) is 3.62. The number of hydrogen-bond donors (Lipinski definition) is 1. The Bertz CT molecular complexity index is 1070. The first-order chi connectivity index (χ1) is 14.4. The van der Waals surface area contributed by atoms with E-state index < -0.39 is 0 Å². The summed E-state index contributed by atoms with van der Waals surface area (Å²) in [5.41, 5.74) is 3.67. The number of nitrogens with one attached hydrogen (secondary N) is 1. The maximum atomic E-state index is 3.62. The van der Waals surface area contributed by atoms with Crippen LogP contribution in [-0.2, 0) is 0 Å². The Hall–Kier alpha value is -2.44. The van der Waals surface area contributed by atoms with Gasteiger partial charge in [0.05, 0.1) is 0 Å². The molecular weight excluding hydrogens is 487 g/mol. The van der Waals surface area contributed by atoms with E-state index in [-0.39, 0.29) is 21.2 Å². The van der Waals surface area contributed by atoms with E-state index in [0.29, 0.717) is 0 Å². The molecule has 4 aromatic rings. The topological polar surface area (TPSA) is 15.3 Å². The van der Waals surface area contributed by atoms with Gasteiger partial charge in [0.1, 0.15) is 0 Å². The summed E-state index contributed by atoms with van der Waals surface area (Å²) in [6.45, 7) is 0.738. The van der Waals surface area contributed by atoms with Crippen molar-refractivity contribution in [1.29, 1.82) is 0 Å². The van der Waals surface area contributed by atoms with Gasteiger partial charge in [0.15, 0.2) is 0 Å². The quantitative estimate of drug-likeness (QED) is 0.417. The molecule has 4 heteroatoms. The van der Waals surface area contributed by atoms with Gasteiger partial charge in [-0.25, -0.2) is 0 Å². The van der Waals surface area contributed by atoms with Crippen molar-refractivity contribution in [3.8, 4) is 0 Å². The van der Waals surface area contributed by atoms with Gasteiger partial charge in [-0.3, -0.25) is 0 Å². The third-order valence-corrected chi connectivity index (χ3v) is 8.58. The molecule has 2 nitrogen and oxygen atoms in total. The summed E-state index contributed by atoms with van der Waals surface area (Å²) in [6.07, 6.45) is 0. The molecule has 0 aromatic heterocycles. The fraction of sp³-hybridized carbons (Fsp3) is 0.0400. The van der Waals surface area contributed by atoms with Crippen LogP contribution >= 0.6 is 11.8 Å². The molecule has 0 bridgehead atoms. The second-order valence-electron chi connectivity index (χ2n) is 6.70. The minimum atomic E-state index is -0.118. The molecule has 4 aromatic carbocycles. The molecule has 1 aliphatic heterocycles. The maximum absolute atomic E-state index is 3.62. The van der Waals surface area contributed by atoms with Crippen LogP contribution in [0.15, 0.2) is 113 Å². The predicted octanol–water partition coefficient (Wildman–Crippen LogP) is 3.49. The fourth-order valence-electron chi connectivity index (χ4n) is 3.36. The third kappa shape index (κ3) is 4.14. The second kappa shape index (κ2) is 8.51. The number of rotatable bonds is 5. The van der Waals surface area contributed by atoms with E-state index in [9.17, 15) is 0 Å². The Balaban J connectivity index is 1.33. The van der Waals surface area contributed by atoms with Crippen LogP contribution in [0.25, 0.3) is 0 Å². The SMILES string of the molecule is c1ccc([I-]c2ccc(NCN3c4ccccc4Sc4ccccc43)cc2)cc1. The third-order valence-electron chi connectivity index (χ3n) is 4.77. The molecule has 5 rings (SSSR count). The van der Waals surface area contributed by atoms with E-state index in [1.807, 2.05) is 11.8 Å². The van der Waals surface area contributed by atoms with Crippen LogP contribution in [0.4, 0.5) is 17.1 Å². The number of halogens is 1. The zero-order valence-corrected chi connectivity index (χ0v) is 18.7. The molecule has 0 atom stereocenters. The molecule has 0 spiro atoms. The van der Waals surface area contributed by atoms with Crippen LogP contribution in [0, 0.1) is 7.14 Å². The van der Waals surface area contributed by atoms with Gasteiger partial charge in [-0.15, -0.1) is 0 Å². The first-order valence-electron chi connectivity index (χ1n) is 9.54. The zero-order chi connectivity index (χ0) is 19.5. The molecule has 1 N–H and O–H groups in total. The average Bonchev–Trinajstić information content (AvgIpc) is 2.78. The molecule has 0 amide bonds. The molecule has 1 aliphatic rings.